The van der Waals surface area contributed by atoms with Gasteiger partial charge in [0.1, 0.15) is 6.29 Å². The van der Waals surface area contributed by atoms with Crippen molar-refractivity contribution in [2.24, 2.45) is 0 Å². The molecule has 2 fully saturated rings. The van der Waals surface area contributed by atoms with E-state index in [0.717, 1.165) is 0 Å². The van der Waals surface area contributed by atoms with Crippen molar-refractivity contribution in [1.82, 2.24) is 15.5 Å². The van der Waals surface area contributed by atoms with Crippen LogP contribution in [0.15, 0.2) is 0 Å². The molecule has 0 aromatic heterocycles. The maximum atomic E-state index is 3.44. The van der Waals surface area contributed by atoms with Gasteiger partial charge in [0, 0.05) is 13.1 Å². The van der Waals surface area contributed by atoms with Crippen molar-refractivity contribution in [3.8, 4) is 0 Å². The molecule has 14 heavy (non-hydrogen) atoms. The lowest BCUT2D eigenvalue weighted by molar-refractivity contribution is 0.0762. The molecule has 2 rings (SSSR count). The molecule has 0 aromatic carbocycles. The molecule has 0 aliphatic carbocycles. The van der Waals surface area contributed by atoms with Crippen LogP contribution in [-0.4, -0.2) is 37.4 Å². The molecule has 0 bridgehead atoms. The second kappa shape index (κ2) is 9.44. The first-order valence-corrected chi connectivity index (χ1v) is 6.18. The monoisotopic (exact) mass is 201 g/mol. The molecule has 0 spiro atoms. The Bertz CT molecular complexity index is 91.1. The molecule has 3 nitrogen and oxygen atoms in total. The Morgan fingerprint density at radius 1 is 0.857 bits per heavy atom. The minimum atomic E-state index is 0.488. The molecule has 86 valence electrons. The number of rotatable bonds is 0. The summed E-state index contributed by atoms with van der Waals surface area (Å²) >= 11 is 0. The van der Waals surface area contributed by atoms with Gasteiger partial charge in [-0.25, -0.2) is 0 Å². The third kappa shape index (κ3) is 4.40. The summed E-state index contributed by atoms with van der Waals surface area (Å²) in [5.74, 6) is 0. The number of fused-ring (bicyclic) bond motifs is 1. The fourth-order valence-corrected chi connectivity index (χ4v) is 1.74. The largest absolute Gasteiger partial charge is 0.289 e. The van der Waals surface area contributed by atoms with Crippen LogP contribution in [0.25, 0.3) is 0 Å². The van der Waals surface area contributed by atoms with E-state index in [0.29, 0.717) is 6.29 Å². The maximum absolute atomic E-state index is 3.44. The highest BCUT2D eigenvalue weighted by atomic mass is 15.4. The quantitative estimate of drug-likeness (QED) is 0.623. The number of hydrogen-bond donors (Lipinski definition) is 2. The first-order chi connectivity index (χ1) is 6.97. The Labute approximate surface area is 89.2 Å². The molecule has 3 heteroatoms. The predicted octanol–water partition coefficient (Wildman–Crippen LogP) is 1.61. The lowest BCUT2D eigenvalue weighted by Gasteiger charge is -2.40. The van der Waals surface area contributed by atoms with Gasteiger partial charge in [-0.15, -0.1) is 0 Å². The molecule has 2 N–H and O–H groups in total. The summed E-state index contributed by atoms with van der Waals surface area (Å²) in [5.41, 5.74) is 0. The van der Waals surface area contributed by atoms with Crippen LogP contribution >= 0.6 is 0 Å². The molecule has 0 aromatic rings. The van der Waals surface area contributed by atoms with E-state index in [1.807, 2.05) is 27.7 Å². The number of hydrogen-bond acceptors (Lipinski definition) is 3. The Kier molecular flexibility index (Phi) is 9.35. The Balaban J connectivity index is 0.000000379. The smallest absolute Gasteiger partial charge is 0.114 e. The summed E-state index contributed by atoms with van der Waals surface area (Å²) in [7, 11) is 0. The number of nitrogens with one attached hydrogen (secondary N) is 2. The zero-order valence-corrected chi connectivity index (χ0v) is 10.3. The van der Waals surface area contributed by atoms with Gasteiger partial charge in [-0.2, -0.15) is 0 Å². The zero-order valence-electron chi connectivity index (χ0n) is 10.3. The molecule has 2 saturated heterocycles. The molecule has 2 aliphatic heterocycles. The van der Waals surface area contributed by atoms with Crippen molar-refractivity contribution in [2.45, 2.75) is 46.8 Å². The van der Waals surface area contributed by atoms with E-state index in [4.69, 9.17) is 0 Å². The van der Waals surface area contributed by atoms with Crippen LogP contribution in [0.5, 0.6) is 0 Å². The van der Waals surface area contributed by atoms with Crippen LogP contribution in [0, 0.1) is 0 Å². The van der Waals surface area contributed by atoms with Gasteiger partial charge < -0.3 is 0 Å². The minimum Gasteiger partial charge on any atom is -0.289 e. The topological polar surface area (TPSA) is 27.3 Å². The summed E-state index contributed by atoms with van der Waals surface area (Å²) < 4.78 is 0. The summed E-state index contributed by atoms with van der Waals surface area (Å²) in [4.78, 5) is 2.48. The standard InChI is InChI=1S/C7H15N3.2C2H6/c1-3-8-7-9-4-2-6-10(7)5-1;2*1-2/h7-9H,1-6H2;2*1-2H3. The van der Waals surface area contributed by atoms with Crippen LogP contribution in [0.2, 0.25) is 0 Å². The Hall–Kier alpha value is -0.120. The molecule has 0 saturated carbocycles. The van der Waals surface area contributed by atoms with Crippen LogP contribution in [-0.2, 0) is 0 Å². The van der Waals surface area contributed by atoms with E-state index >= 15 is 0 Å². The van der Waals surface area contributed by atoms with Crippen molar-refractivity contribution in [1.29, 1.82) is 0 Å². The fourth-order valence-electron chi connectivity index (χ4n) is 1.74. The second-order valence-corrected chi connectivity index (χ2v) is 3.05. The van der Waals surface area contributed by atoms with E-state index in [9.17, 15) is 0 Å². The summed E-state index contributed by atoms with van der Waals surface area (Å²) in [5, 5.41) is 6.87. The molecule has 0 atom stereocenters. The van der Waals surface area contributed by atoms with Gasteiger partial charge in [0.25, 0.3) is 0 Å². The van der Waals surface area contributed by atoms with Gasteiger partial charge in [-0.3, -0.25) is 15.5 Å². The zero-order chi connectivity index (χ0) is 10.8. The molecule has 0 radical (unpaired) electrons. The van der Waals surface area contributed by atoms with Gasteiger partial charge in [-0.1, -0.05) is 27.7 Å². The van der Waals surface area contributed by atoms with Crippen LogP contribution in [0.4, 0.5) is 0 Å². The SMILES string of the molecule is C1CNC2NCCCN2C1.CC.CC. The van der Waals surface area contributed by atoms with E-state index in [2.05, 4.69) is 15.5 Å². The van der Waals surface area contributed by atoms with Crippen LogP contribution < -0.4 is 10.6 Å². The highest BCUT2D eigenvalue weighted by Crippen LogP contribution is 2.06. The minimum absolute atomic E-state index is 0.488. The van der Waals surface area contributed by atoms with Gasteiger partial charge in [0.15, 0.2) is 0 Å². The fraction of sp³-hybridized carbons (Fsp3) is 1.00. The van der Waals surface area contributed by atoms with Crippen molar-refractivity contribution in [2.75, 3.05) is 26.2 Å². The van der Waals surface area contributed by atoms with Crippen molar-refractivity contribution in [3.05, 3.63) is 0 Å². The van der Waals surface area contributed by atoms with Gasteiger partial charge in [0.05, 0.1) is 0 Å². The predicted molar refractivity (Wildman–Crippen MR) is 63.3 cm³/mol. The van der Waals surface area contributed by atoms with E-state index < -0.39 is 0 Å². The molecule has 2 heterocycles. The highest BCUT2D eigenvalue weighted by Gasteiger charge is 2.23. The molecular weight excluding hydrogens is 174 g/mol. The lowest BCUT2D eigenvalue weighted by atomic mass is 10.2. The molecule has 0 unspecified atom stereocenters. The molecule has 2 aliphatic rings. The molecule has 0 amide bonds. The normalized spacial score (nSPS) is 22.3. The Morgan fingerprint density at radius 2 is 1.29 bits per heavy atom. The maximum Gasteiger partial charge on any atom is 0.114 e. The summed E-state index contributed by atoms with van der Waals surface area (Å²) in [6.45, 7) is 12.9. The number of nitrogens with zero attached hydrogens (tertiary/aromatic N) is 1. The van der Waals surface area contributed by atoms with Crippen molar-refractivity contribution < 1.29 is 0 Å². The van der Waals surface area contributed by atoms with Gasteiger partial charge in [-0.05, 0) is 25.9 Å². The second-order valence-electron chi connectivity index (χ2n) is 3.05. The average Bonchev–Trinajstić information content (AvgIpc) is 2.34. The third-order valence-corrected chi connectivity index (χ3v) is 2.28. The first kappa shape index (κ1) is 13.9. The molecular formula is C11H27N3. The highest BCUT2D eigenvalue weighted by molar-refractivity contribution is 4.77. The van der Waals surface area contributed by atoms with Crippen molar-refractivity contribution in [3.63, 3.8) is 0 Å². The van der Waals surface area contributed by atoms with Crippen LogP contribution in [0.3, 0.4) is 0 Å². The summed E-state index contributed by atoms with van der Waals surface area (Å²) in [6, 6.07) is 0. The van der Waals surface area contributed by atoms with Gasteiger partial charge >= 0.3 is 0 Å². The van der Waals surface area contributed by atoms with E-state index in [1.54, 1.807) is 0 Å². The van der Waals surface area contributed by atoms with Crippen molar-refractivity contribution >= 4 is 0 Å². The third-order valence-electron chi connectivity index (χ3n) is 2.28. The van der Waals surface area contributed by atoms with Crippen LogP contribution in [0.1, 0.15) is 40.5 Å². The van der Waals surface area contributed by atoms with E-state index in [1.165, 1.54) is 39.0 Å². The average molecular weight is 201 g/mol. The summed E-state index contributed by atoms with van der Waals surface area (Å²) in [6.07, 6.45) is 3.10. The van der Waals surface area contributed by atoms with Gasteiger partial charge in [0.2, 0.25) is 0 Å². The van der Waals surface area contributed by atoms with E-state index in [-0.39, 0.29) is 0 Å². The Morgan fingerprint density at radius 3 is 1.64 bits per heavy atom. The lowest BCUT2D eigenvalue weighted by Crippen LogP contribution is -2.62. The first-order valence-electron chi connectivity index (χ1n) is 6.18.